The fourth-order valence-electron chi connectivity index (χ4n) is 4.56. The van der Waals surface area contributed by atoms with Gasteiger partial charge in [0.15, 0.2) is 0 Å². The van der Waals surface area contributed by atoms with Crippen LogP contribution in [0.3, 0.4) is 0 Å². The summed E-state index contributed by atoms with van der Waals surface area (Å²) in [5, 5.41) is 7.47. The average molecular weight is 556 g/mol. The number of nitrogens with one attached hydrogen (secondary N) is 1. The van der Waals surface area contributed by atoms with Crippen molar-refractivity contribution in [3.05, 3.63) is 106 Å². The van der Waals surface area contributed by atoms with E-state index in [0.29, 0.717) is 58.2 Å². The molecular weight excluding hydrogens is 525 g/mol. The fourth-order valence-corrected chi connectivity index (χ4v) is 4.56. The summed E-state index contributed by atoms with van der Waals surface area (Å²) < 4.78 is 30.6. The first kappa shape index (κ1) is 27.6. The van der Waals surface area contributed by atoms with E-state index < -0.39 is 11.7 Å². The maximum absolute atomic E-state index is 13.5. The highest BCUT2D eigenvalue weighted by atomic mass is 19.1. The lowest BCUT2D eigenvalue weighted by atomic mass is 9.99. The van der Waals surface area contributed by atoms with Gasteiger partial charge in [-0.15, -0.1) is 0 Å². The van der Waals surface area contributed by atoms with Crippen LogP contribution in [0, 0.1) is 18.7 Å². The highest BCUT2D eigenvalue weighted by Crippen LogP contribution is 2.34. The molecule has 0 saturated carbocycles. The summed E-state index contributed by atoms with van der Waals surface area (Å²) in [6.45, 7) is 6.58. The number of nitrogens with zero attached hydrogens (tertiary/aromatic N) is 1. The van der Waals surface area contributed by atoms with Crippen LogP contribution in [0.1, 0.15) is 57.1 Å². The van der Waals surface area contributed by atoms with Crippen LogP contribution in [0.15, 0.2) is 75.7 Å². The summed E-state index contributed by atoms with van der Waals surface area (Å²) in [5.41, 5.74) is 9.81. The van der Waals surface area contributed by atoms with Gasteiger partial charge < -0.3 is 24.7 Å². The maximum atomic E-state index is 13.5. The molecule has 41 heavy (non-hydrogen) atoms. The Morgan fingerprint density at radius 2 is 1.80 bits per heavy atom. The van der Waals surface area contributed by atoms with E-state index in [1.165, 1.54) is 24.3 Å². The van der Waals surface area contributed by atoms with Gasteiger partial charge in [0, 0.05) is 29.1 Å². The van der Waals surface area contributed by atoms with Crippen molar-refractivity contribution >= 4 is 22.8 Å². The first-order chi connectivity index (χ1) is 19.7. The van der Waals surface area contributed by atoms with Crippen molar-refractivity contribution in [2.45, 2.75) is 33.8 Å². The van der Waals surface area contributed by atoms with E-state index in [0.717, 1.165) is 11.1 Å². The summed E-state index contributed by atoms with van der Waals surface area (Å²) in [4.78, 5) is 25.4. The number of fused-ring (bicyclic) bond motifs is 1. The minimum absolute atomic E-state index is 0.183. The lowest BCUT2D eigenvalue weighted by Gasteiger charge is -2.12. The molecule has 5 rings (SSSR count). The third-order valence-corrected chi connectivity index (χ3v) is 6.48. The number of aromatic nitrogens is 1. The fraction of sp³-hybridized carbons (Fsp3) is 0.219. The topological polar surface area (TPSA) is 121 Å². The average Bonchev–Trinajstić information content (AvgIpc) is 3.53. The molecule has 210 valence electrons. The summed E-state index contributed by atoms with van der Waals surface area (Å²) in [5.74, 6) is 0.530. The first-order valence-corrected chi connectivity index (χ1v) is 13.2. The van der Waals surface area contributed by atoms with Gasteiger partial charge in [0.25, 0.3) is 11.8 Å². The molecule has 3 aromatic carbocycles. The van der Waals surface area contributed by atoms with Gasteiger partial charge >= 0.3 is 0 Å². The van der Waals surface area contributed by atoms with E-state index in [4.69, 9.17) is 19.4 Å². The van der Waals surface area contributed by atoms with Crippen molar-refractivity contribution in [1.29, 1.82) is 0 Å². The second-order valence-electron chi connectivity index (χ2n) is 10.4. The zero-order chi connectivity index (χ0) is 29.1. The predicted molar refractivity (Wildman–Crippen MR) is 152 cm³/mol. The molecule has 3 N–H and O–H groups in total. The molecule has 0 bridgehead atoms. The van der Waals surface area contributed by atoms with Crippen LogP contribution in [-0.2, 0) is 13.0 Å². The van der Waals surface area contributed by atoms with Crippen LogP contribution in [0.5, 0.6) is 5.75 Å². The normalized spacial score (nSPS) is 11.2. The Morgan fingerprint density at radius 1 is 1.02 bits per heavy atom. The number of hydrogen-bond donors (Lipinski definition) is 2. The van der Waals surface area contributed by atoms with Crippen LogP contribution >= 0.6 is 0 Å². The SMILES string of the molecule is Cc1cc(COc2cc(Cc3ccc4oc(-c5ccc(F)cc5)c(C(N)=O)c4c3)cc(C(=O)NCC(C)C)c2)no1. The zero-order valence-electron chi connectivity index (χ0n) is 23.0. The molecule has 8 nitrogen and oxygen atoms in total. The summed E-state index contributed by atoms with van der Waals surface area (Å²) in [7, 11) is 0. The van der Waals surface area contributed by atoms with Gasteiger partial charge in [0.05, 0.1) is 5.56 Å². The van der Waals surface area contributed by atoms with Crippen molar-refractivity contribution < 1.29 is 27.7 Å². The van der Waals surface area contributed by atoms with Crippen molar-refractivity contribution in [2.75, 3.05) is 6.54 Å². The highest BCUT2D eigenvalue weighted by molar-refractivity contribution is 6.10. The summed E-state index contributed by atoms with van der Waals surface area (Å²) >= 11 is 0. The van der Waals surface area contributed by atoms with Gasteiger partial charge in [0.1, 0.15) is 41.0 Å². The van der Waals surface area contributed by atoms with Gasteiger partial charge in [-0.2, -0.15) is 0 Å². The number of benzene rings is 3. The van der Waals surface area contributed by atoms with Gasteiger partial charge in [-0.1, -0.05) is 25.1 Å². The third-order valence-electron chi connectivity index (χ3n) is 6.48. The number of primary amides is 1. The van der Waals surface area contributed by atoms with Gasteiger partial charge in [0.2, 0.25) is 0 Å². The molecule has 0 aliphatic heterocycles. The van der Waals surface area contributed by atoms with Gasteiger partial charge in [-0.3, -0.25) is 9.59 Å². The number of ether oxygens (including phenoxy) is 1. The molecule has 0 fully saturated rings. The lowest BCUT2D eigenvalue weighted by Crippen LogP contribution is -2.27. The van der Waals surface area contributed by atoms with Crippen molar-refractivity contribution in [1.82, 2.24) is 10.5 Å². The molecule has 0 unspecified atom stereocenters. The number of furan rings is 1. The molecule has 0 spiro atoms. The van der Waals surface area contributed by atoms with E-state index in [9.17, 15) is 14.0 Å². The Morgan fingerprint density at radius 3 is 2.49 bits per heavy atom. The first-order valence-electron chi connectivity index (χ1n) is 13.2. The predicted octanol–water partition coefficient (Wildman–Crippen LogP) is 6.19. The van der Waals surface area contributed by atoms with E-state index in [2.05, 4.69) is 10.5 Å². The van der Waals surface area contributed by atoms with Crippen molar-refractivity contribution in [2.24, 2.45) is 11.7 Å². The van der Waals surface area contributed by atoms with Crippen LogP contribution in [0.2, 0.25) is 0 Å². The molecule has 0 atom stereocenters. The van der Waals surface area contributed by atoms with Crippen LogP contribution in [0.4, 0.5) is 4.39 Å². The Kier molecular flexibility index (Phi) is 7.87. The molecule has 0 aliphatic rings. The lowest BCUT2D eigenvalue weighted by molar-refractivity contribution is 0.0947. The number of carbonyl (C=O) groups is 2. The smallest absolute Gasteiger partial charge is 0.253 e. The molecule has 0 saturated heterocycles. The minimum atomic E-state index is -0.650. The van der Waals surface area contributed by atoms with Crippen LogP contribution < -0.4 is 15.8 Å². The molecule has 5 aromatic rings. The summed E-state index contributed by atoms with van der Waals surface area (Å²) in [6, 6.07) is 18.3. The van der Waals surface area contributed by atoms with Crippen LogP contribution in [-0.4, -0.2) is 23.5 Å². The van der Waals surface area contributed by atoms with Crippen molar-refractivity contribution in [3.8, 4) is 17.1 Å². The standard InChI is InChI=1S/C32H30FN3O5/c1-18(2)16-35-32(38)23-12-21(13-26(15-23)39-17-25-10-19(3)41-36-25)11-20-4-9-28-27(14-20)29(31(34)37)30(40-28)22-5-7-24(33)8-6-22/h4-10,12-15,18H,11,16-17H2,1-3H3,(H2,34,37)(H,35,38). The number of aryl methyl sites for hydroxylation is 1. The third kappa shape index (κ3) is 6.46. The maximum Gasteiger partial charge on any atom is 0.253 e. The van der Waals surface area contributed by atoms with Crippen molar-refractivity contribution in [3.63, 3.8) is 0 Å². The van der Waals surface area contributed by atoms with E-state index in [1.54, 1.807) is 25.1 Å². The van der Waals surface area contributed by atoms with E-state index in [1.807, 2.05) is 38.1 Å². The molecular formula is C32H30FN3O5. The number of halogens is 1. The number of carbonyl (C=O) groups excluding carboxylic acids is 2. The number of hydrogen-bond acceptors (Lipinski definition) is 6. The Labute approximate surface area is 236 Å². The second kappa shape index (κ2) is 11.7. The quantitative estimate of drug-likeness (QED) is 0.212. The highest BCUT2D eigenvalue weighted by Gasteiger charge is 2.21. The van der Waals surface area contributed by atoms with E-state index in [-0.39, 0.29) is 23.8 Å². The second-order valence-corrected chi connectivity index (χ2v) is 10.4. The summed E-state index contributed by atoms with van der Waals surface area (Å²) in [6.07, 6.45) is 0.440. The largest absolute Gasteiger partial charge is 0.487 e. The molecule has 9 heteroatoms. The zero-order valence-corrected chi connectivity index (χ0v) is 23.0. The monoisotopic (exact) mass is 555 g/mol. The minimum Gasteiger partial charge on any atom is -0.487 e. The Hall–Kier alpha value is -4.92. The van der Waals surface area contributed by atoms with Gasteiger partial charge in [-0.25, -0.2) is 4.39 Å². The Bertz CT molecular complexity index is 1720. The number of rotatable bonds is 10. The Balaban J connectivity index is 1.48. The molecule has 0 radical (unpaired) electrons. The number of amides is 2. The molecule has 2 aromatic heterocycles. The molecule has 0 aliphatic carbocycles. The number of nitrogens with two attached hydrogens (primary N) is 1. The molecule has 2 amide bonds. The van der Waals surface area contributed by atoms with Gasteiger partial charge in [-0.05, 0) is 85.0 Å². The van der Waals surface area contributed by atoms with Crippen LogP contribution in [0.25, 0.3) is 22.3 Å². The van der Waals surface area contributed by atoms with E-state index >= 15 is 0 Å². The molecule has 2 heterocycles.